The summed E-state index contributed by atoms with van der Waals surface area (Å²) in [5.74, 6) is 1.39. The number of hydrogen-bond acceptors (Lipinski definition) is 4. The summed E-state index contributed by atoms with van der Waals surface area (Å²) in [6.45, 7) is 5.45. The van der Waals surface area contributed by atoms with Gasteiger partial charge < -0.3 is 20.3 Å². The van der Waals surface area contributed by atoms with Crippen molar-refractivity contribution in [2.45, 2.75) is 45.6 Å². The molecule has 0 atom stereocenters. The van der Waals surface area contributed by atoms with Crippen LogP contribution < -0.4 is 15.4 Å². The number of benzene rings is 1. The monoisotopic (exact) mass is 569 g/mol. The Bertz CT molecular complexity index is 912. The van der Waals surface area contributed by atoms with Crippen LogP contribution in [-0.2, 0) is 11.3 Å². The summed E-state index contributed by atoms with van der Waals surface area (Å²) in [7, 11) is 0. The first-order valence-electron chi connectivity index (χ1n) is 11.3. The lowest BCUT2D eigenvalue weighted by molar-refractivity contribution is -0.130. The van der Waals surface area contributed by atoms with Crippen molar-refractivity contribution in [1.82, 2.24) is 20.5 Å². The van der Waals surface area contributed by atoms with E-state index in [2.05, 4.69) is 20.6 Å². The number of ether oxygens (including phenoxy) is 1. The van der Waals surface area contributed by atoms with E-state index in [-0.39, 0.29) is 35.7 Å². The highest BCUT2D eigenvalue weighted by Crippen LogP contribution is 2.24. The minimum absolute atomic E-state index is 0. The van der Waals surface area contributed by atoms with E-state index < -0.39 is 0 Å². The molecule has 0 saturated carbocycles. The lowest BCUT2D eigenvalue weighted by Crippen LogP contribution is -2.39. The molecule has 0 unspecified atom stereocenters. The number of aromatic nitrogens is 1. The first-order chi connectivity index (χ1) is 15.7. The maximum absolute atomic E-state index is 13.5. The SMILES string of the molecule is CCNC(=NCc1cccnc1Oc1cccc(F)c1)NCCCN1CCCCCC1=O.I. The van der Waals surface area contributed by atoms with E-state index >= 15 is 0 Å². The predicted octanol–water partition coefficient (Wildman–Crippen LogP) is 4.48. The van der Waals surface area contributed by atoms with Gasteiger partial charge in [0.25, 0.3) is 0 Å². The zero-order chi connectivity index (χ0) is 22.6. The number of halogens is 2. The average molecular weight is 569 g/mol. The summed E-state index contributed by atoms with van der Waals surface area (Å²) in [6, 6.07) is 9.68. The van der Waals surface area contributed by atoms with Gasteiger partial charge in [-0.15, -0.1) is 24.0 Å². The summed E-state index contributed by atoms with van der Waals surface area (Å²) in [4.78, 5) is 23.0. The number of aliphatic imine (C=N–C) groups is 1. The van der Waals surface area contributed by atoms with Gasteiger partial charge in [0.15, 0.2) is 5.96 Å². The molecule has 1 saturated heterocycles. The lowest BCUT2D eigenvalue weighted by Gasteiger charge is -2.20. The third kappa shape index (κ3) is 9.15. The molecule has 1 aliphatic rings. The number of carbonyl (C=O) groups excluding carboxylic acids is 1. The molecule has 0 bridgehead atoms. The third-order valence-electron chi connectivity index (χ3n) is 5.18. The van der Waals surface area contributed by atoms with Crippen molar-refractivity contribution in [3.8, 4) is 11.6 Å². The Morgan fingerprint density at radius 2 is 2.09 bits per heavy atom. The molecule has 9 heteroatoms. The van der Waals surface area contributed by atoms with Gasteiger partial charge in [-0.25, -0.2) is 14.4 Å². The Labute approximate surface area is 212 Å². The van der Waals surface area contributed by atoms with E-state index in [1.165, 1.54) is 12.1 Å². The first-order valence-corrected chi connectivity index (χ1v) is 11.3. The molecule has 0 radical (unpaired) electrons. The maximum atomic E-state index is 13.5. The summed E-state index contributed by atoms with van der Waals surface area (Å²) < 4.78 is 19.2. The molecular weight excluding hydrogens is 536 g/mol. The van der Waals surface area contributed by atoms with Gasteiger partial charge in [-0.05, 0) is 44.4 Å². The van der Waals surface area contributed by atoms with E-state index in [1.54, 1.807) is 18.3 Å². The molecule has 1 aromatic heterocycles. The van der Waals surface area contributed by atoms with Crippen molar-refractivity contribution in [1.29, 1.82) is 0 Å². The quantitative estimate of drug-likeness (QED) is 0.202. The Morgan fingerprint density at radius 1 is 1.21 bits per heavy atom. The fourth-order valence-corrected chi connectivity index (χ4v) is 3.54. The van der Waals surface area contributed by atoms with Gasteiger partial charge >= 0.3 is 0 Å². The Morgan fingerprint density at radius 3 is 2.91 bits per heavy atom. The zero-order valence-electron chi connectivity index (χ0n) is 19.1. The van der Waals surface area contributed by atoms with Crippen molar-refractivity contribution < 1.29 is 13.9 Å². The van der Waals surface area contributed by atoms with Crippen LogP contribution in [0.1, 0.15) is 44.6 Å². The highest BCUT2D eigenvalue weighted by Gasteiger charge is 2.15. The molecule has 180 valence electrons. The number of hydrogen-bond donors (Lipinski definition) is 2. The standard InChI is InChI=1S/C24H32FN5O2.HI/c1-2-26-24(28-14-8-16-30-15-5-3-4-12-22(30)31)29-18-19-9-7-13-27-23(19)32-21-11-6-10-20(25)17-21;/h6-7,9-11,13,17H,2-5,8,12,14-16,18H2,1H3,(H2,26,28,29);1H. The molecule has 0 aliphatic carbocycles. The summed E-state index contributed by atoms with van der Waals surface area (Å²) >= 11 is 0. The van der Waals surface area contributed by atoms with E-state index in [1.807, 2.05) is 24.0 Å². The minimum atomic E-state index is -0.362. The number of amides is 1. The zero-order valence-corrected chi connectivity index (χ0v) is 21.4. The first kappa shape index (κ1) is 26.8. The smallest absolute Gasteiger partial charge is 0.224 e. The fourth-order valence-electron chi connectivity index (χ4n) is 3.54. The second kappa shape index (κ2) is 14.7. The van der Waals surface area contributed by atoms with E-state index in [0.717, 1.165) is 57.4 Å². The Balaban J connectivity index is 0.00000385. The van der Waals surface area contributed by atoms with Crippen LogP contribution in [0.3, 0.4) is 0 Å². The van der Waals surface area contributed by atoms with Gasteiger partial charge in [0.05, 0.1) is 6.54 Å². The maximum Gasteiger partial charge on any atom is 0.224 e. The third-order valence-corrected chi connectivity index (χ3v) is 5.18. The number of carbonyl (C=O) groups is 1. The van der Waals surface area contributed by atoms with Crippen LogP contribution >= 0.6 is 24.0 Å². The van der Waals surface area contributed by atoms with Crippen molar-refractivity contribution in [3.05, 3.63) is 54.0 Å². The van der Waals surface area contributed by atoms with Gasteiger partial charge in [-0.2, -0.15) is 0 Å². The van der Waals surface area contributed by atoms with Gasteiger partial charge in [0, 0.05) is 50.4 Å². The van der Waals surface area contributed by atoms with Crippen LogP contribution in [-0.4, -0.2) is 47.9 Å². The molecule has 33 heavy (non-hydrogen) atoms. The number of nitrogens with zero attached hydrogens (tertiary/aromatic N) is 3. The van der Waals surface area contributed by atoms with Crippen LogP contribution in [0.4, 0.5) is 4.39 Å². The summed E-state index contributed by atoms with van der Waals surface area (Å²) in [5, 5.41) is 6.56. The Kier molecular flexibility index (Phi) is 11.9. The normalized spacial score (nSPS) is 14.3. The molecule has 1 fully saturated rings. The molecular formula is C24H33FIN5O2. The molecule has 1 aromatic carbocycles. The summed E-state index contributed by atoms with van der Waals surface area (Å²) in [6.07, 6.45) is 6.39. The van der Waals surface area contributed by atoms with E-state index in [0.29, 0.717) is 30.6 Å². The lowest BCUT2D eigenvalue weighted by atomic mass is 10.2. The largest absolute Gasteiger partial charge is 0.439 e. The second-order valence-corrected chi connectivity index (χ2v) is 7.69. The van der Waals surface area contributed by atoms with Crippen LogP contribution in [0, 0.1) is 5.82 Å². The van der Waals surface area contributed by atoms with Gasteiger partial charge in [0.1, 0.15) is 11.6 Å². The number of likely N-dealkylation sites (tertiary alicyclic amines) is 1. The molecule has 3 rings (SSSR count). The highest BCUT2D eigenvalue weighted by atomic mass is 127. The molecule has 1 amide bonds. The number of rotatable bonds is 9. The highest BCUT2D eigenvalue weighted by molar-refractivity contribution is 14.0. The number of pyridine rings is 1. The molecule has 2 aromatic rings. The van der Waals surface area contributed by atoms with E-state index in [9.17, 15) is 9.18 Å². The molecule has 0 spiro atoms. The van der Waals surface area contributed by atoms with Crippen molar-refractivity contribution in [2.24, 2.45) is 4.99 Å². The van der Waals surface area contributed by atoms with Crippen molar-refractivity contribution in [2.75, 3.05) is 26.2 Å². The van der Waals surface area contributed by atoms with Gasteiger partial charge in [-0.1, -0.05) is 18.6 Å². The molecule has 2 heterocycles. The predicted molar refractivity (Wildman–Crippen MR) is 139 cm³/mol. The van der Waals surface area contributed by atoms with Crippen LogP contribution in [0.2, 0.25) is 0 Å². The van der Waals surface area contributed by atoms with Gasteiger partial charge in [-0.3, -0.25) is 4.79 Å². The van der Waals surface area contributed by atoms with Crippen molar-refractivity contribution >= 4 is 35.8 Å². The van der Waals surface area contributed by atoms with Crippen LogP contribution in [0.25, 0.3) is 0 Å². The second-order valence-electron chi connectivity index (χ2n) is 7.69. The number of guanidine groups is 1. The minimum Gasteiger partial charge on any atom is -0.439 e. The molecule has 7 nitrogen and oxygen atoms in total. The number of nitrogens with one attached hydrogen (secondary N) is 2. The van der Waals surface area contributed by atoms with Crippen LogP contribution in [0.15, 0.2) is 47.6 Å². The molecule has 2 N–H and O–H groups in total. The van der Waals surface area contributed by atoms with E-state index in [4.69, 9.17) is 4.74 Å². The fraction of sp³-hybridized carbons (Fsp3) is 0.458. The topological polar surface area (TPSA) is 78.9 Å². The Hall–Kier alpha value is -2.43. The van der Waals surface area contributed by atoms with Crippen molar-refractivity contribution in [3.63, 3.8) is 0 Å². The molecule has 1 aliphatic heterocycles. The van der Waals surface area contributed by atoms with Gasteiger partial charge in [0.2, 0.25) is 11.8 Å². The average Bonchev–Trinajstić information content (AvgIpc) is 3.00. The van der Waals surface area contributed by atoms with Crippen LogP contribution in [0.5, 0.6) is 11.6 Å². The summed E-state index contributed by atoms with van der Waals surface area (Å²) in [5.41, 5.74) is 0.795.